The Morgan fingerprint density at radius 1 is 1.56 bits per heavy atom. The van der Waals surface area contributed by atoms with Crippen molar-refractivity contribution in [1.82, 2.24) is 10.2 Å². The maximum atomic E-state index is 11.4. The maximum absolute atomic E-state index is 11.4. The molecule has 1 unspecified atom stereocenters. The molecule has 0 aromatic carbocycles. The number of likely N-dealkylation sites (N-methyl/N-ethyl adjacent to an activating group) is 2. The van der Waals surface area contributed by atoms with Crippen molar-refractivity contribution in [2.75, 3.05) is 33.9 Å². The zero-order valence-electron chi connectivity index (χ0n) is 10.3. The van der Waals surface area contributed by atoms with E-state index in [-0.39, 0.29) is 11.9 Å². The molecule has 0 bridgehead atoms. The lowest BCUT2D eigenvalue weighted by molar-refractivity contribution is -0.127. The highest BCUT2D eigenvalue weighted by Crippen LogP contribution is 2.21. The molecule has 0 spiro atoms. The molecule has 0 aromatic heterocycles. The lowest BCUT2D eigenvalue weighted by Crippen LogP contribution is -2.51. The summed E-state index contributed by atoms with van der Waals surface area (Å²) >= 11 is 0. The minimum atomic E-state index is -0.713. The summed E-state index contributed by atoms with van der Waals surface area (Å²) in [5.74, 6) is -0.0295. The number of amides is 1. The van der Waals surface area contributed by atoms with Gasteiger partial charge in [0, 0.05) is 39.6 Å². The molecule has 2 N–H and O–H groups in total. The second kappa shape index (κ2) is 5.61. The summed E-state index contributed by atoms with van der Waals surface area (Å²) in [4.78, 5) is 13.3. The van der Waals surface area contributed by atoms with Gasteiger partial charge in [-0.15, -0.1) is 0 Å². The SMILES string of the molecule is CNC(=O)C(C)N(C)CC1(O)CCOCC1. The van der Waals surface area contributed by atoms with Crippen LogP contribution in [0.4, 0.5) is 0 Å². The molecule has 1 heterocycles. The summed E-state index contributed by atoms with van der Waals surface area (Å²) in [6.07, 6.45) is 1.27. The molecule has 0 radical (unpaired) electrons. The number of nitrogens with one attached hydrogen (secondary N) is 1. The van der Waals surface area contributed by atoms with Crippen molar-refractivity contribution in [3.63, 3.8) is 0 Å². The lowest BCUT2D eigenvalue weighted by atomic mass is 9.93. The predicted molar refractivity (Wildman–Crippen MR) is 61.2 cm³/mol. The average Bonchev–Trinajstić information content (AvgIpc) is 2.27. The number of hydrogen-bond donors (Lipinski definition) is 2. The Morgan fingerprint density at radius 2 is 2.12 bits per heavy atom. The molecule has 94 valence electrons. The smallest absolute Gasteiger partial charge is 0.236 e. The number of hydrogen-bond acceptors (Lipinski definition) is 4. The maximum Gasteiger partial charge on any atom is 0.236 e. The van der Waals surface area contributed by atoms with E-state index in [0.717, 1.165) is 0 Å². The van der Waals surface area contributed by atoms with Crippen LogP contribution < -0.4 is 5.32 Å². The van der Waals surface area contributed by atoms with Crippen molar-refractivity contribution in [2.45, 2.75) is 31.4 Å². The summed E-state index contributed by atoms with van der Waals surface area (Å²) in [5.41, 5.74) is -0.713. The van der Waals surface area contributed by atoms with Crippen molar-refractivity contribution in [3.05, 3.63) is 0 Å². The molecule has 1 amide bonds. The number of ether oxygens (including phenoxy) is 1. The van der Waals surface area contributed by atoms with Crippen LogP contribution >= 0.6 is 0 Å². The standard InChI is InChI=1S/C11H22N2O3/c1-9(10(14)12-2)13(3)8-11(15)4-6-16-7-5-11/h9,15H,4-8H2,1-3H3,(H,12,14). The average molecular weight is 230 g/mol. The highest BCUT2D eigenvalue weighted by molar-refractivity contribution is 5.80. The Bertz CT molecular complexity index is 239. The Balaban J connectivity index is 2.48. The summed E-state index contributed by atoms with van der Waals surface area (Å²) in [6, 6.07) is -0.225. The van der Waals surface area contributed by atoms with Gasteiger partial charge in [0.2, 0.25) is 5.91 Å². The van der Waals surface area contributed by atoms with Gasteiger partial charge in [0.05, 0.1) is 11.6 Å². The van der Waals surface area contributed by atoms with Crippen LogP contribution in [0.15, 0.2) is 0 Å². The zero-order chi connectivity index (χ0) is 12.2. The molecule has 5 heteroatoms. The number of carbonyl (C=O) groups excluding carboxylic acids is 1. The molecule has 1 atom stereocenters. The summed E-state index contributed by atoms with van der Waals surface area (Å²) in [6.45, 7) is 3.53. The van der Waals surface area contributed by atoms with Gasteiger partial charge in [-0.05, 0) is 14.0 Å². The fraction of sp³-hybridized carbons (Fsp3) is 0.909. The van der Waals surface area contributed by atoms with Crippen molar-refractivity contribution >= 4 is 5.91 Å². The molecule has 1 aliphatic rings. The molecule has 1 fully saturated rings. The van der Waals surface area contributed by atoms with Gasteiger partial charge < -0.3 is 15.2 Å². The first kappa shape index (κ1) is 13.4. The third-order valence-electron chi connectivity index (χ3n) is 3.25. The van der Waals surface area contributed by atoms with Crippen LogP contribution in [0.25, 0.3) is 0 Å². The topological polar surface area (TPSA) is 61.8 Å². The number of carbonyl (C=O) groups is 1. The Morgan fingerprint density at radius 3 is 2.62 bits per heavy atom. The van der Waals surface area contributed by atoms with Crippen molar-refractivity contribution < 1.29 is 14.6 Å². The Labute approximate surface area is 96.8 Å². The molecule has 1 saturated heterocycles. The van der Waals surface area contributed by atoms with Gasteiger partial charge in [-0.3, -0.25) is 9.69 Å². The molecule has 16 heavy (non-hydrogen) atoms. The molecule has 0 saturated carbocycles. The largest absolute Gasteiger partial charge is 0.388 e. The van der Waals surface area contributed by atoms with Crippen molar-refractivity contribution in [3.8, 4) is 0 Å². The van der Waals surface area contributed by atoms with Crippen LogP contribution in [-0.4, -0.2) is 61.4 Å². The highest BCUT2D eigenvalue weighted by Gasteiger charge is 2.33. The predicted octanol–water partition coefficient (Wildman–Crippen LogP) is -0.406. The van der Waals surface area contributed by atoms with Crippen LogP contribution in [0, 0.1) is 0 Å². The van der Waals surface area contributed by atoms with E-state index in [1.54, 1.807) is 7.05 Å². The summed E-state index contributed by atoms with van der Waals surface area (Å²) in [5, 5.41) is 12.9. The van der Waals surface area contributed by atoms with E-state index in [0.29, 0.717) is 32.6 Å². The lowest BCUT2D eigenvalue weighted by Gasteiger charge is -2.37. The quantitative estimate of drug-likeness (QED) is 0.689. The van der Waals surface area contributed by atoms with Gasteiger partial charge in [-0.25, -0.2) is 0 Å². The molecule has 0 aromatic rings. The second-order valence-electron chi connectivity index (χ2n) is 4.54. The molecular formula is C11H22N2O3. The summed E-state index contributed by atoms with van der Waals surface area (Å²) < 4.78 is 5.22. The van der Waals surface area contributed by atoms with Gasteiger partial charge in [0.25, 0.3) is 0 Å². The minimum absolute atomic E-state index is 0.0295. The van der Waals surface area contributed by atoms with Crippen molar-refractivity contribution in [2.24, 2.45) is 0 Å². The van der Waals surface area contributed by atoms with Gasteiger partial charge in [-0.1, -0.05) is 0 Å². The van der Waals surface area contributed by atoms with E-state index in [1.807, 2.05) is 18.9 Å². The van der Waals surface area contributed by atoms with E-state index in [2.05, 4.69) is 5.32 Å². The fourth-order valence-corrected chi connectivity index (χ4v) is 1.92. The first-order chi connectivity index (χ1) is 7.48. The van der Waals surface area contributed by atoms with E-state index in [9.17, 15) is 9.90 Å². The van der Waals surface area contributed by atoms with Crippen LogP contribution in [-0.2, 0) is 9.53 Å². The first-order valence-electron chi connectivity index (χ1n) is 5.70. The monoisotopic (exact) mass is 230 g/mol. The number of nitrogens with zero attached hydrogens (tertiary/aromatic N) is 1. The molecule has 1 rings (SSSR count). The van der Waals surface area contributed by atoms with Gasteiger partial charge in [0.15, 0.2) is 0 Å². The highest BCUT2D eigenvalue weighted by atomic mass is 16.5. The van der Waals surface area contributed by atoms with E-state index in [1.165, 1.54) is 0 Å². The molecule has 0 aliphatic carbocycles. The Kier molecular flexibility index (Phi) is 4.70. The molecule has 1 aliphatic heterocycles. The van der Waals surface area contributed by atoms with Crippen LogP contribution in [0.1, 0.15) is 19.8 Å². The van der Waals surface area contributed by atoms with Gasteiger partial charge in [0.1, 0.15) is 0 Å². The van der Waals surface area contributed by atoms with Crippen LogP contribution in [0.2, 0.25) is 0 Å². The summed E-state index contributed by atoms with van der Waals surface area (Å²) in [7, 11) is 3.48. The zero-order valence-corrected chi connectivity index (χ0v) is 10.3. The first-order valence-corrected chi connectivity index (χ1v) is 5.70. The third kappa shape index (κ3) is 3.43. The van der Waals surface area contributed by atoms with Gasteiger partial charge >= 0.3 is 0 Å². The van der Waals surface area contributed by atoms with Gasteiger partial charge in [-0.2, -0.15) is 0 Å². The second-order valence-corrected chi connectivity index (χ2v) is 4.54. The normalized spacial score (nSPS) is 21.8. The minimum Gasteiger partial charge on any atom is -0.388 e. The number of aliphatic hydroxyl groups is 1. The third-order valence-corrected chi connectivity index (χ3v) is 3.25. The molecular weight excluding hydrogens is 208 g/mol. The van der Waals surface area contributed by atoms with E-state index < -0.39 is 5.60 Å². The number of rotatable bonds is 4. The van der Waals surface area contributed by atoms with Crippen LogP contribution in [0.3, 0.4) is 0 Å². The van der Waals surface area contributed by atoms with Crippen LogP contribution in [0.5, 0.6) is 0 Å². The fourth-order valence-electron chi connectivity index (χ4n) is 1.92. The van der Waals surface area contributed by atoms with E-state index >= 15 is 0 Å². The molecule has 5 nitrogen and oxygen atoms in total. The Hall–Kier alpha value is -0.650. The van der Waals surface area contributed by atoms with E-state index in [4.69, 9.17) is 4.74 Å². The van der Waals surface area contributed by atoms with Crippen molar-refractivity contribution in [1.29, 1.82) is 0 Å².